The fraction of sp³-hybridized carbons (Fsp3) is 0.0556. The van der Waals surface area contributed by atoms with Crippen molar-refractivity contribution in [3.05, 3.63) is 77.9 Å². The SMILES string of the molecule is O=C1Nc2ccc3ccccc3c2[C@]1(O)c1ccccc1. The van der Waals surface area contributed by atoms with Crippen LogP contribution in [0.4, 0.5) is 5.69 Å². The summed E-state index contributed by atoms with van der Waals surface area (Å²) in [4.78, 5) is 12.4. The van der Waals surface area contributed by atoms with Crippen molar-refractivity contribution in [3.63, 3.8) is 0 Å². The number of carbonyl (C=O) groups excluding carboxylic acids is 1. The summed E-state index contributed by atoms with van der Waals surface area (Å²) < 4.78 is 0. The highest BCUT2D eigenvalue weighted by atomic mass is 16.3. The summed E-state index contributed by atoms with van der Waals surface area (Å²) in [5.74, 6) is -0.403. The van der Waals surface area contributed by atoms with Gasteiger partial charge in [0, 0.05) is 11.3 Å². The van der Waals surface area contributed by atoms with Crippen molar-refractivity contribution >= 4 is 22.4 Å². The van der Waals surface area contributed by atoms with Crippen LogP contribution in [0.2, 0.25) is 0 Å². The van der Waals surface area contributed by atoms with E-state index in [1.165, 1.54) is 0 Å². The van der Waals surface area contributed by atoms with Gasteiger partial charge in [0.05, 0.1) is 0 Å². The van der Waals surface area contributed by atoms with E-state index in [1.54, 1.807) is 12.1 Å². The molecule has 0 aliphatic carbocycles. The van der Waals surface area contributed by atoms with Crippen LogP contribution in [0.25, 0.3) is 10.8 Å². The second kappa shape index (κ2) is 4.17. The summed E-state index contributed by atoms with van der Waals surface area (Å²) in [6.45, 7) is 0. The number of carbonyl (C=O) groups is 1. The number of anilines is 1. The van der Waals surface area contributed by atoms with Crippen LogP contribution >= 0.6 is 0 Å². The first-order chi connectivity index (χ1) is 10.2. The normalized spacial score (nSPS) is 20.3. The molecule has 0 saturated heterocycles. The molecule has 2 N–H and O–H groups in total. The van der Waals surface area contributed by atoms with Gasteiger partial charge >= 0.3 is 0 Å². The lowest BCUT2D eigenvalue weighted by Gasteiger charge is -2.22. The first kappa shape index (κ1) is 12.1. The highest BCUT2D eigenvalue weighted by molar-refractivity contribution is 6.12. The van der Waals surface area contributed by atoms with Gasteiger partial charge < -0.3 is 10.4 Å². The van der Waals surface area contributed by atoms with Gasteiger partial charge in [-0.1, -0.05) is 60.7 Å². The smallest absolute Gasteiger partial charge is 0.265 e. The third-order valence-electron chi connectivity index (χ3n) is 4.06. The van der Waals surface area contributed by atoms with E-state index in [1.807, 2.05) is 54.6 Å². The average Bonchev–Trinajstić information content (AvgIpc) is 2.81. The lowest BCUT2D eigenvalue weighted by molar-refractivity contribution is -0.129. The standard InChI is InChI=1S/C18H13NO2/c20-17-18(21,13-7-2-1-3-8-13)16-14-9-5-4-6-12(14)10-11-15(16)19-17/h1-11,21H,(H,19,20)/t18-/m1/s1. The average molecular weight is 275 g/mol. The van der Waals surface area contributed by atoms with E-state index in [-0.39, 0.29) is 0 Å². The van der Waals surface area contributed by atoms with Crippen LogP contribution in [0.3, 0.4) is 0 Å². The van der Waals surface area contributed by atoms with Gasteiger partial charge in [-0.05, 0) is 22.4 Å². The maximum atomic E-state index is 12.4. The van der Waals surface area contributed by atoms with Crippen molar-refractivity contribution in [2.24, 2.45) is 0 Å². The quantitative estimate of drug-likeness (QED) is 0.717. The van der Waals surface area contributed by atoms with E-state index >= 15 is 0 Å². The third kappa shape index (κ3) is 1.55. The molecule has 3 aromatic rings. The van der Waals surface area contributed by atoms with Crippen LogP contribution in [0.5, 0.6) is 0 Å². The molecule has 1 atom stereocenters. The van der Waals surface area contributed by atoms with Crippen LogP contribution in [0, 0.1) is 0 Å². The summed E-state index contributed by atoms with van der Waals surface area (Å²) in [7, 11) is 0. The van der Waals surface area contributed by atoms with Gasteiger partial charge in [-0.3, -0.25) is 4.79 Å². The monoisotopic (exact) mass is 275 g/mol. The largest absolute Gasteiger partial charge is 0.372 e. The zero-order valence-electron chi connectivity index (χ0n) is 11.2. The second-order valence-corrected chi connectivity index (χ2v) is 5.24. The number of fused-ring (bicyclic) bond motifs is 3. The number of amides is 1. The molecular weight excluding hydrogens is 262 g/mol. The maximum Gasteiger partial charge on any atom is 0.265 e. The lowest BCUT2D eigenvalue weighted by Crippen LogP contribution is -2.35. The van der Waals surface area contributed by atoms with E-state index in [0.717, 1.165) is 10.8 Å². The summed E-state index contributed by atoms with van der Waals surface area (Å²) in [5, 5.41) is 15.8. The molecular formula is C18H13NO2. The second-order valence-electron chi connectivity index (χ2n) is 5.24. The van der Waals surface area contributed by atoms with Crippen LogP contribution in [0.15, 0.2) is 66.7 Å². The molecule has 4 rings (SSSR count). The van der Waals surface area contributed by atoms with E-state index < -0.39 is 11.5 Å². The van der Waals surface area contributed by atoms with Gasteiger partial charge in [-0.15, -0.1) is 0 Å². The minimum absolute atomic E-state index is 0.403. The molecule has 1 heterocycles. The van der Waals surface area contributed by atoms with E-state index in [0.29, 0.717) is 16.8 Å². The first-order valence-corrected chi connectivity index (χ1v) is 6.83. The third-order valence-corrected chi connectivity index (χ3v) is 4.06. The van der Waals surface area contributed by atoms with Crippen molar-refractivity contribution in [2.45, 2.75) is 5.60 Å². The Kier molecular flexibility index (Phi) is 2.41. The molecule has 1 amide bonds. The van der Waals surface area contributed by atoms with E-state index in [2.05, 4.69) is 5.32 Å². The molecule has 1 aliphatic rings. The molecule has 0 unspecified atom stereocenters. The minimum Gasteiger partial charge on any atom is -0.372 e. The maximum absolute atomic E-state index is 12.4. The molecule has 3 nitrogen and oxygen atoms in total. The summed E-state index contributed by atoms with van der Waals surface area (Å²) in [6, 6.07) is 20.6. The van der Waals surface area contributed by atoms with Gasteiger partial charge in [0.25, 0.3) is 5.91 Å². The first-order valence-electron chi connectivity index (χ1n) is 6.83. The van der Waals surface area contributed by atoms with Gasteiger partial charge in [0.1, 0.15) is 0 Å². The zero-order chi connectivity index (χ0) is 14.4. The lowest BCUT2D eigenvalue weighted by atomic mass is 9.84. The van der Waals surface area contributed by atoms with Crippen molar-refractivity contribution in [3.8, 4) is 0 Å². The fourth-order valence-electron chi connectivity index (χ4n) is 3.05. The number of aliphatic hydroxyl groups is 1. The number of benzene rings is 3. The van der Waals surface area contributed by atoms with Gasteiger partial charge in [0.2, 0.25) is 0 Å². The molecule has 102 valence electrons. The topological polar surface area (TPSA) is 49.3 Å². The molecule has 0 spiro atoms. The zero-order valence-corrected chi connectivity index (χ0v) is 11.2. The highest BCUT2D eigenvalue weighted by Crippen LogP contribution is 2.44. The predicted molar refractivity (Wildman–Crippen MR) is 82.0 cm³/mol. The van der Waals surface area contributed by atoms with Crippen molar-refractivity contribution in [1.29, 1.82) is 0 Å². The molecule has 1 aliphatic heterocycles. The summed E-state index contributed by atoms with van der Waals surface area (Å²) in [5.41, 5.74) is 0.247. The van der Waals surface area contributed by atoms with Gasteiger partial charge in [-0.25, -0.2) is 0 Å². The Morgan fingerprint density at radius 3 is 2.38 bits per heavy atom. The Bertz CT molecular complexity index is 857. The van der Waals surface area contributed by atoms with Gasteiger partial charge in [-0.2, -0.15) is 0 Å². The van der Waals surface area contributed by atoms with Crippen LogP contribution in [0.1, 0.15) is 11.1 Å². The Morgan fingerprint density at radius 1 is 0.857 bits per heavy atom. The molecule has 0 fully saturated rings. The summed E-state index contributed by atoms with van der Waals surface area (Å²) >= 11 is 0. The van der Waals surface area contributed by atoms with E-state index in [9.17, 15) is 9.90 Å². The van der Waals surface area contributed by atoms with Crippen molar-refractivity contribution in [2.75, 3.05) is 5.32 Å². The molecule has 21 heavy (non-hydrogen) atoms. The molecule has 3 aromatic carbocycles. The van der Waals surface area contributed by atoms with Crippen LogP contribution in [-0.2, 0) is 10.4 Å². The Hall–Kier alpha value is -2.65. The van der Waals surface area contributed by atoms with Crippen molar-refractivity contribution < 1.29 is 9.90 Å². The predicted octanol–water partition coefficient (Wildman–Crippen LogP) is 3.03. The summed E-state index contributed by atoms with van der Waals surface area (Å²) in [6.07, 6.45) is 0. The highest BCUT2D eigenvalue weighted by Gasteiger charge is 2.47. The van der Waals surface area contributed by atoms with E-state index in [4.69, 9.17) is 0 Å². The number of hydrogen-bond donors (Lipinski definition) is 2. The van der Waals surface area contributed by atoms with Crippen LogP contribution < -0.4 is 5.32 Å². The Morgan fingerprint density at radius 2 is 1.57 bits per heavy atom. The fourth-order valence-corrected chi connectivity index (χ4v) is 3.05. The van der Waals surface area contributed by atoms with Crippen LogP contribution in [-0.4, -0.2) is 11.0 Å². The Balaban J connectivity index is 2.09. The molecule has 0 aromatic heterocycles. The molecule has 3 heteroatoms. The molecule has 0 bridgehead atoms. The minimum atomic E-state index is -1.64. The molecule has 0 radical (unpaired) electrons. The number of hydrogen-bond acceptors (Lipinski definition) is 2. The number of rotatable bonds is 1. The molecule has 0 saturated carbocycles. The number of nitrogens with one attached hydrogen (secondary N) is 1. The Labute approximate surface area is 121 Å². The van der Waals surface area contributed by atoms with Gasteiger partial charge in [0.15, 0.2) is 5.60 Å². The van der Waals surface area contributed by atoms with Crippen molar-refractivity contribution in [1.82, 2.24) is 0 Å².